The zero-order valence-electron chi connectivity index (χ0n) is 19.8. The molecule has 1 aliphatic rings. The topological polar surface area (TPSA) is 81.0 Å². The number of carbonyl (C=O) groups is 2. The first-order valence-electron chi connectivity index (χ1n) is 11.6. The number of nitrogens with one attached hydrogen (secondary N) is 1. The molecule has 1 saturated carbocycles. The Morgan fingerprint density at radius 1 is 1.06 bits per heavy atom. The smallest absolute Gasteiger partial charge is 0.290 e. The Balaban J connectivity index is 1.78. The van der Waals surface area contributed by atoms with Gasteiger partial charge in [0.05, 0.1) is 20.5 Å². The first kappa shape index (κ1) is 24.3. The van der Waals surface area contributed by atoms with E-state index in [1.807, 2.05) is 0 Å². The number of carbonyl (C=O) groups excluding carboxylic acids is 2. The zero-order chi connectivity index (χ0) is 24.8. The molecule has 1 unspecified atom stereocenters. The minimum atomic E-state index is -0.988. The van der Waals surface area contributed by atoms with Gasteiger partial charge in [0.25, 0.3) is 5.91 Å². The summed E-state index contributed by atoms with van der Waals surface area (Å²) < 4.78 is 29.8. The number of amides is 2. The minimum Gasteiger partial charge on any atom is -0.493 e. The highest BCUT2D eigenvalue weighted by molar-refractivity contribution is 5.96. The van der Waals surface area contributed by atoms with Gasteiger partial charge >= 0.3 is 0 Å². The van der Waals surface area contributed by atoms with Crippen LogP contribution in [0.4, 0.5) is 4.39 Å². The number of benzene rings is 2. The second kappa shape index (κ2) is 11.1. The van der Waals surface area contributed by atoms with E-state index in [1.165, 1.54) is 37.5 Å². The summed E-state index contributed by atoms with van der Waals surface area (Å²) in [5, 5.41) is 3.12. The molecule has 1 aliphatic carbocycles. The van der Waals surface area contributed by atoms with Gasteiger partial charge in [0, 0.05) is 12.6 Å². The monoisotopic (exact) mass is 480 g/mol. The number of methoxy groups -OCH3 is 2. The van der Waals surface area contributed by atoms with Gasteiger partial charge < -0.3 is 24.1 Å². The fourth-order valence-electron chi connectivity index (χ4n) is 4.45. The second-order valence-corrected chi connectivity index (χ2v) is 8.54. The van der Waals surface area contributed by atoms with Crippen LogP contribution in [0.1, 0.15) is 53.4 Å². The number of halogens is 1. The average molecular weight is 481 g/mol. The summed E-state index contributed by atoms with van der Waals surface area (Å²) in [4.78, 5) is 28.8. The summed E-state index contributed by atoms with van der Waals surface area (Å²) in [6, 6.07) is 13.2. The highest BCUT2D eigenvalue weighted by Crippen LogP contribution is 2.34. The van der Waals surface area contributed by atoms with E-state index in [4.69, 9.17) is 13.9 Å². The Bertz CT molecular complexity index is 1140. The number of nitrogens with zero attached hydrogens (tertiary/aromatic N) is 1. The number of rotatable bonds is 9. The summed E-state index contributed by atoms with van der Waals surface area (Å²) >= 11 is 0. The first-order valence-corrected chi connectivity index (χ1v) is 11.6. The van der Waals surface area contributed by atoms with E-state index in [0.29, 0.717) is 22.6 Å². The average Bonchev–Trinajstić information content (AvgIpc) is 3.59. The molecule has 3 aromatic rings. The second-order valence-electron chi connectivity index (χ2n) is 8.54. The lowest BCUT2D eigenvalue weighted by molar-refractivity contribution is -0.126. The Morgan fingerprint density at radius 2 is 1.77 bits per heavy atom. The minimum absolute atomic E-state index is 0.0523. The number of ether oxygens (including phenoxy) is 2. The van der Waals surface area contributed by atoms with Crippen molar-refractivity contribution in [3.8, 4) is 11.5 Å². The van der Waals surface area contributed by atoms with Crippen molar-refractivity contribution in [2.24, 2.45) is 0 Å². The summed E-state index contributed by atoms with van der Waals surface area (Å²) in [6.45, 7) is 0.0664. The zero-order valence-corrected chi connectivity index (χ0v) is 19.8. The lowest BCUT2D eigenvalue weighted by Crippen LogP contribution is -2.45. The van der Waals surface area contributed by atoms with E-state index < -0.39 is 11.9 Å². The van der Waals surface area contributed by atoms with Crippen LogP contribution in [0.25, 0.3) is 0 Å². The maximum atomic E-state index is 13.7. The van der Waals surface area contributed by atoms with Crippen molar-refractivity contribution in [1.82, 2.24) is 10.2 Å². The molecule has 1 aromatic heterocycles. The molecule has 1 atom stereocenters. The third kappa shape index (κ3) is 5.65. The Kier molecular flexibility index (Phi) is 7.70. The fraction of sp³-hybridized carbons (Fsp3) is 0.333. The molecule has 0 spiro atoms. The van der Waals surface area contributed by atoms with E-state index in [9.17, 15) is 14.0 Å². The van der Waals surface area contributed by atoms with Crippen LogP contribution in [0.3, 0.4) is 0 Å². The van der Waals surface area contributed by atoms with E-state index in [0.717, 1.165) is 25.7 Å². The van der Waals surface area contributed by atoms with Crippen molar-refractivity contribution in [1.29, 1.82) is 0 Å². The van der Waals surface area contributed by atoms with Gasteiger partial charge in [-0.3, -0.25) is 9.59 Å². The molecule has 4 rings (SSSR count). The highest BCUT2D eigenvalue weighted by atomic mass is 19.1. The van der Waals surface area contributed by atoms with Crippen molar-refractivity contribution < 1.29 is 27.9 Å². The molecule has 1 N–H and O–H groups in total. The highest BCUT2D eigenvalue weighted by Gasteiger charge is 2.35. The number of hydrogen-bond acceptors (Lipinski definition) is 5. The van der Waals surface area contributed by atoms with Gasteiger partial charge in [-0.25, -0.2) is 4.39 Å². The van der Waals surface area contributed by atoms with Crippen LogP contribution in [-0.4, -0.2) is 37.0 Å². The molecule has 7 nitrogen and oxygen atoms in total. The molecular formula is C27H29FN2O5. The maximum Gasteiger partial charge on any atom is 0.290 e. The molecule has 0 saturated heterocycles. The quantitative estimate of drug-likeness (QED) is 0.472. The summed E-state index contributed by atoms with van der Waals surface area (Å²) in [7, 11) is 3.04. The largest absolute Gasteiger partial charge is 0.493 e. The van der Waals surface area contributed by atoms with E-state index in [1.54, 1.807) is 42.5 Å². The van der Waals surface area contributed by atoms with Crippen molar-refractivity contribution >= 4 is 11.8 Å². The standard InChI is InChI=1S/C27H29FN2O5/c1-33-22-14-11-19(16-24(22)34-2)25(26(31)29-21-6-3-4-7-21)30(27(32)23-8-5-15-35-23)17-18-9-12-20(28)13-10-18/h5,8-16,21,25H,3-4,6-7,17H2,1-2H3,(H,29,31). The van der Waals surface area contributed by atoms with E-state index in [-0.39, 0.29) is 30.1 Å². The summed E-state index contributed by atoms with van der Waals surface area (Å²) in [5.41, 5.74) is 1.23. The lowest BCUT2D eigenvalue weighted by atomic mass is 10.0. The molecule has 2 amide bonds. The third-order valence-corrected chi connectivity index (χ3v) is 6.24. The van der Waals surface area contributed by atoms with Gasteiger partial charge in [0.1, 0.15) is 11.9 Å². The Hall–Kier alpha value is -3.81. The molecule has 0 bridgehead atoms. The van der Waals surface area contributed by atoms with Crippen LogP contribution in [0, 0.1) is 5.82 Å². The van der Waals surface area contributed by atoms with Gasteiger partial charge in [0.15, 0.2) is 17.3 Å². The molecule has 1 fully saturated rings. The van der Waals surface area contributed by atoms with Gasteiger partial charge in [-0.2, -0.15) is 0 Å². The third-order valence-electron chi connectivity index (χ3n) is 6.24. The summed E-state index contributed by atoms with van der Waals surface area (Å²) in [5.74, 6) is -0.0874. The van der Waals surface area contributed by atoms with Crippen molar-refractivity contribution in [3.63, 3.8) is 0 Å². The molecule has 35 heavy (non-hydrogen) atoms. The van der Waals surface area contributed by atoms with Crippen LogP contribution < -0.4 is 14.8 Å². The molecule has 0 aliphatic heterocycles. The van der Waals surface area contributed by atoms with Gasteiger partial charge in [-0.1, -0.05) is 31.0 Å². The normalized spacial score (nSPS) is 14.4. The predicted octanol–water partition coefficient (Wildman–Crippen LogP) is 4.88. The number of furan rings is 1. The van der Waals surface area contributed by atoms with Gasteiger partial charge in [-0.15, -0.1) is 0 Å². The SMILES string of the molecule is COc1ccc(C(C(=O)NC2CCCC2)N(Cc2ccc(F)cc2)C(=O)c2ccco2)cc1OC. The maximum absolute atomic E-state index is 13.7. The van der Waals surface area contributed by atoms with Crippen molar-refractivity contribution in [3.05, 3.63) is 83.6 Å². The van der Waals surface area contributed by atoms with E-state index in [2.05, 4.69) is 5.32 Å². The van der Waals surface area contributed by atoms with Crippen LogP contribution >= 0.6 is 0 Å². The Labute approximate surface area is 203 Å². The van der Waals surface area contributed by atoms with Crippen LogP contribution in [0.5, 0.6) is 11.5 Å². The molecule has 0 radical (unpaired) electrons. The molecule has 184 valence electrons. The van der Waals surface area contributed by atoms with Crippen LogP contribution in [0.2, 0.25) is 0 Å². The van der Waals surface area contributed by atoms with Gasteiger partial charge in [0.2, 0.25) is 5.91 Å². The molecule has 8 heteroatoms. The molecule has 2 aromatic carbocycles. The lowest BCUT2D eigenvalue weighted by Gasteiger charge is -2.32. The molecular weight excluding hydrogens is 451 g/mol. The first-order chi connectivity index (χ1) is 17.0. The van der Waals surface area contributed by atoms with Crippen LogP contribution in [0.15, 0.2) is 65.3 Å². The van der Waals surface area contributed by atoms with Gasteiger partial charge in [-0.05, 0) is 60.4 Å². The number of hydrogen-bond donors (Lipinski definition) is 1. The Morgan fingerprint density at radius 3 is 2.40 bits per heavy atom. The van der Waals surface area contributed by atoms with Crippen molar-refractivity contribution in [2.75, 3.05) is 14.2 Å². The summed E-state index contributed by atoms with van der Waals surface area (Å²) in [6.07, 6.45) is 5.31. The van der Waals surface area contributed by atoms with Crippen molar-refractivity contribution in [2.45, 2.75) is 44.3 Å². The van der Waals surface area contributed by atoms with E-state index >= 15 is 0 Å². The molecule has 1 heterocycles. The predicted molar refractivity (Wildman–Crippen MR) is 128 cm³/mol. The fourth-order valence-corrected chi connectivity index (χ4v) is 4.45. The van der Waals surface area contributed by atoms with Crippen LogP contribution in [-0.2, 0) is 11.3 Å².